The van der Waals surface area contributed by atoms with Gasteiger partial charge in [0, 0.05) is 0 Å². The van der Waals surface area contributed by atoms with Gasteiger partial charge in [0.25, 0.3) is 0 Å². The van der Waals surface area contributed by atoms with Crippen molar-refractivity contribution >= 4 is 4.68 Å². The van der Waals surface area contributed by atoms with Crippen molar-refractivity contribution < 1.29 is 20.8 Å². The van der Waals surface area contributed by atoms with Gasteiger partial charge in [-0.3, -0.25) is 0 Å². The third-order valence-electron chi connectivity index (χ3n) is 0. The van der Waals surface area contributed by atoms with Crippen LogP contribution in [-0.2, 0) is 20.8 Å². The van der Waals surface area contributed by atoms with Crippen LogP contribution in [0.4, 0.5) is 0 Å². The van der Waals surface area contributed by atoms with Crippen LogP contribution >= 0.6 is 0 Å². The van der Waals surface area contributed by atoms with Crippen molar-refractivity contribution in [1.82, 2.24) is 0 Å². The zero-order chi connectivity index (χ0) is 3.58. The maximum absolute atomic E-state index is 9.25. The molecule has 0 fully saturated rings. The van der Waals surface area contributed by atoms with Gasteiger partial charge >= 0.3 is 32.4 Å². The number of hydrogen-bond acceptors (Lipinski definition) is 1. The summed E-state index contributed by atoms with van der Waals surface area (Å²) in [6.45, 7) is 1.33. The molecule has 0 rings (SSSR count). The monoisotopic (exact) mass is 106 g/mol. The first kappa shape index (κ1) is 4.19. The van der Waals surface area contributed by atoms with E-state index in [4.69, 9.17) is 0 Å². The Hall–Kier alpha value is 0.189. The zero-order valence-corrected chi connectivity index (χ0v) is 3.15. The summed E-state index contributed by atoms with van der Waals surface area (Å²) in [5.41, 5.74) is 0. The summed E-state index contributed by atoms with van der Waals surface area (Å²) in [6, 6.07) is 0. The predicted molar refractivity (Wildman–Crippen MR) is 10.7 cm³/mol. The summed E-state index contributed by atoms with van der Waals surface area (Å²) in [5.74, 6) is 0. The van der Waals surface area contributed by atoms with Crippen molar-refractivity contribution in [1.29, 1.82) is 0 Å². The van der Waals surface area contributed by atoms with Crippen molar-refractivity contribution in [3.05, 3.63) is 0 Å². The molecule has 4 heavy (non-hydrogen) atoms. The van der Waals surface area contributed by atoms with Crippen LogP contribution in [-0.4, -0.2) is 4.68 Å². The van der Waals surface area contributed by atoms with E-state index in [2.05, 4.69) is 16.0 Å². The molecule has 27 valence electrons. The second kappa shape index (κ2) is 1.50. The Balaban J connectivity index is 2.80. The van der Waals surface area contributed by atoms with Gasteiger partial charge in [-0.2, -0.15) is 0 Å². The van der Waals surface area contributed by atoms with Crippen molar-refractivity contribution in [2.45, 2.75) is 6.92 Å². The van der Waals surface area contributed by atoms with E-state index in [0.29, 0.717) is 0 Å². The number of hydrogen-bond donors (Lipinski definition) is 0. The second-order valence-corrected chi connectivity index (χ2v) is 1.08. The van der Waals surface area contributed by atoms with E-state index in [-0.39, 0.29) is 4.68 Å². The molecular weight excluding hydrogens is 104 g/mol. The molecule has 0 aromatic heterocycles. The van der Waals surface area contributed by atoms with Gasteiger partial charge in [-0.05, 0) is 0 Å². The fourth-order valence-electron chi connectivity index (χ4n) is 0. The first-order valence-electron chi connectivity index (χ1n) is 0.855. The van der Waals surface area contributed by atoms with E-state index in [1.807, 2.05) is 0 Å². The minimum atomic E-state index is -0.271. The van der Waals surface area contributed by atoms with Crippen molar-refractivity contribution in [2.75, 3.05) is 0 Å². The molecule has 0 radical (unpaired) electrons. The van der Waals surface area contributed by atoms with E-state index in [0.717, 1.165) is 0 Å². The number of rotatable bonds is 0. The fraction of sp³-hybridized carbons (Fsp3) is 0.500. The van der Waals surface area contributed by atoms with Crippen molar-refractivity contribution in [2.24, 2.45) is 0 Å². The second-order valence-electron chi connectivity index (χ2n) is 0.416. The van der Waals surface area contributed by atoms with Gasteiger partial charge in [0.15, 0.2) is 0 Å². The Labute approximate surface area is 33.2 Å². The Kier molecular flexibility index (Phi) is 1.57. The first-order valence-corrected chi connectivity index (χ1v) is 1.33. The van der Waals surface area contributed by atoms with Crippen LogP contribution in [0.2, 0.25) is 0 Å². The Morgan fingerprint density at radius 3 is 2.00 bits per heavy atom. The van der Waals surface area contributed by atoms with Crippen molar-refractivity contribution in [3.8, 4) is 0 Å². The molecule has 0 saturated carbocycles. The molecular formula is C2H3CuO+. The van der Waals surface area contributed by atoms with Crippen LogP contribution in [0.25, 0.3) is 0 Å². The summed E-state index contributed by atoms with van der Waals surface area (Å²) >= 11 is 4.10. The van der Waals surface area contributed by atoms with Gasteiger partial charge in [0.2, 0.25) is 0 Å². The van der Waals surface area contributed by atoms with Crippen molar-refractivity contribution in [3.63, 3.8) is 0 Å². The average Bonchev–Trinajstić information content (AvgIpc) is 0.811. The topological polar surface area (TPSA) is 17.1 Å². The van der Waals surface area contributed by atoms with Gasteiger partial charge in [0.05, 0.1) is 0 Å². The normalized spacial score (nSPS) is 6.75. The van der Waals surface area contributed by atoms with Crippen LogP contribution in [0.5, 0.6) is 0 Å². The summed E-state index contributed by atoms with van der Waals surface area (Å²) in [6.07, 6.45) is 0. The van der Waals surface area contributed by atoms with E-state index in [1.54, 1.807) is 0 Å². The molecule has 0 amide bonds. The van der Waals surface area contributed by atoms with E-state index in [1.165, 1.54) is 6.92 Å². The Morgan fingerprint density at radius 1 is 2.00 bits per heavy atom. The quantitative estimate of drug-likeness (QED) is 0.400. The number of carbonyl (C=O) groups is 1. The molecule has 0 unspecified atom stereocenters. The van der Waals surface area contributed by atoms with E-state index < -0.39 is 0 Å². The standard InChI is InChI=1S/C2H3O.Cu/c1-2-3;/h1H3;/q;+1. The van der Waals surface area contributed by atoms with Crippen LogP contribution in [0, 0.1) is 0 Å². The Morgan fingerprint density at radius 2 is 2.00 bits per heavy atom. The molecule has 0 bridgehead atoms. The molecule has 0 aliphatic rings. The molecule has 0 aliphatic heterocycles. The Bertz CT molecular complexity index is 29.0. The molecule has 0 atom stereocenters. The molecule has 0 aromatic carbocycles. The molecule has 0 saturated heterocycles. The number of carbonyl (C=O) groups excluding carboxylic acids is 1. The summed E-state index contributed by atoms with van der Waals surface area (Å²) in [5, 5.41) is 0. The van der Waals surface area contributed by atoms with Gasteiger partial charge in [-0.15, -0.1) is 0 Å². The van der Waals surface area contributed by atoms with Gasteiger partial charge in [0.1, 0.15) is 0 Å². The SMILES string of the molecule is C[C](=O)[Cu+]. The molecule has 0 heterocycles. The van der Waals surface area contributed by atoms with E-state index in [9.17, 15) is 4.79 Å². The molecule has 2 heteroatoms. The molecule has 0 spiro atoms. The van der Waals surface area contributed by atoms with Crippen LogP contribution in [0.15, 0.2) is 0 Å². The first-order chi connectivity index (χ1) is 1.73. The third-order valence-corrected chi connectivity index (χ3v) is 0. The zero-order valence-electron chi connectivity index (χ0n) is 2.21. The third kappa shape index (κ3) is 86.3. The van der Waals surface area contributed by atoms with Crippen LogP contribution in [0.3, 0.4) is 0 Å². The van der Waals surface area contributed by atoms with Crippen LogP contribution < -0.4 is 0 Å². The minimum absolute atomic E-state index is 0.271. The van der Waals surface area contributed by atoms with Gasteiger partial charge in [-0.1, -0.05) is 0 Å². The fourth-order valence-corrected chi connectivity index (χ4v) is 0. The molecule has 1 nitrogen and oxygen atoms in total. The summed E-state index contributed by atoms with van der Waals surface area (Å²) < 4.78 is -0.271. The van der Waals surface area contributed by atoms with Gasteiger partial charge in [-0.25, -0.2) is 0 Å². The predicted octanol–water partition coefficient (Wildman–Crippen LogP) is 0.0797. The van der Waals surface area contributed by atoms with Crippen LogP contribution in [0.1, 0.15) is 6.92 Å². The molecule has 0 N–H and O–H groups in total. The average molecular weight is 107 g/mol. The van der Waals surface area contributed by atoms with Gasteiger partial charge < -0.3 is 0 Å². The molecule has 0 aliphatic carbocycles. The molecule has 0 aromatic rings. The summed E-state index contributed by atoms with van der Waals surface area (Å²) in [4.78, 5) is 9.25. The summed E-state index contributed by atoms with van der Waals surface area (Å²) in [7, 11) is 0. The maximum atomic E-state index is 9.25. The van der Waals surface area contributed by atoms with E-state index >= 15 is 0 Å².